The fourth-order valence-electron chi connectivity index (χ4n) is 1.89. The molecule has 2 amide bonds. The van der Waals surface area contributed by atoms with Crippen molar-refractivity contribution in [3.63, 3.8) is 0 Å². The van der Waals surface area contributed by atoms with Crippen molar-refractivity contribution in [3.8, 4) is 0 Å². The van der Waals surface area contributed by atoms with Gasteiger partial charge in [0.1, 0.15) is 0 Å². The number of amides is 2. The molecule has 1 aliphatic carbocycles. The van der Waals surface area contributed by atoms with Crippen molar-refractivity contribution in [2.45, 2.75) is 18.3 Å². The summed E-state index contributed by atoms with van der Waals surface area (Å²) in [4.78, 5) is 15.7. The highest BCUT2D eigenvalue weighted by Crippen LogP contribution is 2.47. The van der Waals surface area contributed by atoms with Crippen molar-refractivity contribution in [1.29, 1.82) is 0 Å². The Balaban J connectivity index is 1.92. The molecule has 4 heteroatoms. The van der Waals surface area contributed by atoms with E-state index in [-0.39, 0.29) is 11.4 Å². The summed E-state index contributed by atoms with van der Waals surface area (Å²) < 4.78 is 0. The maximum Gasteiger partial charge on any atom is 0.338 e. The third-order valence-corrected chi connectivity index (χ3v) is 3.02. The van der Waals surface area contributed by atoms with Crippen molar-refractivity contribution in [2.75, 3.05) is 13.7 Å². The summed E-state index contributed by atoms with van der Waals surface area (Å²) in [6, 6.07) is 10.0. The number of carbonyl (C=O) groups is 1. The molecule has 0 bridgehead atoms. The van der Waals surface area contributed by atoms with E-state index in [4.69, 9.17) is 0 Å². The molecule has 0 atom stereocenters. The van der Waals surface area contributed by atoms with Crippen molar-refractivity contribution in [1.82, 2.24) is 10.8 Å². The van der Waals surface area contributed by atoms with Crippen molar-refractivity contribution in [2.24, 2.45) is 0 Å². The van der Waals surface area contributed by atoms with E-state index in [0.717, 1.165) is 12.8 Å². The van der Waals surface area contributed by atoms with Crippen LogP contribution in [0.3, 0.4) is 0 Å². The first-order chi connectivity index (χ1) is 7.77. The van der Waals surface area contributed by atoms with Crippen LogP contribution in [0, 0.1) is 0 Å². The van der Waals surface area contributed by atoms with Gasteiger partial charge >= 0.3 is 6.03 Å². The summed E-state index contributed by atoms with van der Waals surface area (Å²) in [6.45, 7) is 0.659. The topological polar surface area (TPSA) is 50.4 Å². The zero-order chi connectivity index (χ0) is 11.4. The normalized spacial score (nSPS) is 16.6. The lowest BCUT2D eigenvalue weighted by Gasteiger charge is -2.16. The molecule has 86 valence electrons. The molecule has 16 heavy (non-hydrogen) atoms. The maximum absolute atomic E-state index is 11.2. The summed E-state index contributed by atoms with van der Waals surface area (Å²) in [6.07, 6.45) is 2.26. The highest BCUT2D eigenvalue weighted by atomic mass is 16.6. The number of rotatable bonds is 4. The molecule has 1 aromatic rings. The molecule has 0 aromatic heterocycles. The van der Waals surface area contributed by atoms with E-state index in [1.165, 1.54) is 12.7 Å². The second-order valence-electron chi connectivity index (χ2n) is 4.14. The minimum absolute atomic E-state index is 0.145. The largest absolute Gasteiger partial charge is 0.338 e. The van der Waals surface area contributed by atoms with Crippen LogP contribution in [0.15, 0.2) is 30.3 Å². The van der Waals surface area contributed by atoms with Crippen molar-refractivity contribution < 1.29 is 9.63 Å². The van der Waals surface area contributed by atoms with Crippen molar-refractivity contribution in [3.05, 3.63) is 35.9 Å². The number of carbonyl (C=O) groups excluding carboxylic acids is 1. The molecule has 0 aliphatic heterocycles. The first kappa shape index (κ1) is 11.0. The van der Waals surface area contributed by atoms with Crippen LogP contribution in [-0.2, 0) is 10.3 Å². The van der Waals surface area contributed by atoms with Gasteiger partial charge in [0.15, 0.2) is 0 Å². The number of urea groups is 1. The van der Waals surface area contributed by atoms with E-state index in [9.17, 15) is 4.79 Å². The van der Waals surface area contributed by atoms with E-state index in [0.29, 0.717) is 6.54 Å². The molecule has 4 nitrogen and oxygen atoms in total. The predicted molar refractivity (Wildman–Crippen MR) is 60.9 cm³/mol. The summed E-state index contributed by atoms with van der Waals surface area (Å²) in [7, 11) is 1.42. The molecular weight excluding hydrogens is 204 g/mol. The first-order valence-corrected chi connectivity index (χ1v) is 5.39. The van der Waals surface area contributed by atoms with Gasteiger partial charge < -0.3 is 5.32 Å². The Bertz CT molecular complexity index is 361. The monoisotopic (exact) mass is 220 g/mol. The van der Waals surface area contributed by atoms with E-state index in [1.807, 2.05) is 18.2 Å². The average molecular weight is 220 g/mol. The maximum atomic E-state index is 11.2. The SMILES string of the molecule is CONC(=O)NCC1(c2ccccc2)CC1. The van der Waals surface area contributed by atoms with Crippen LogP contribution < -0.4 is 10.8 Å². The number of benzene rings is 1. The molecule has 0 spiro atoms. The van der Waals surface area contributed by atoms with Crippen LogP contribution in [-0.4, -0.2) is 19.7 Å². The van der Waals surface area contributed by atoms with Gasteiger partial charge in [0.25, 0.3) is 0 Å². The third-order valence-electron chi connectivity index (χ3n) is 3.02. The van der Waals surface area contributed by atoms with E-state index in [1.54, 1.807) is 0 Å². The Kier molecular flexibility index (Phi) is 3.10. The fourth-order valence-corrected chi connectivity index (χ4v) is 1.89. The smallest absolute Gasteiger partial charge is 0.335 e. The highest BCUT2D eigenvalue weighted by Gasteiger charge is 2.44. The summed E-state index contributed by atoms with van der Waals surface area (Å²) in [5.74, 6) is 0. The third kappa shape index (κ3) is 2.33. The first-order valence-electron chi connectivity index (χ1n) is 5.39. The highest BCUT2D eigenvalue weighted by molar-refractivity contribution is 5.72. The van der Waals surface area contributed by atoms with Crippen LogP contribution in [0.2, 0.25) is 0 Å². The van der Waals surface area contributed by atoms with E-state index < -0.39 is 0 Å². The number of nitrogens with one attached hydrogen (secondary N) is 2. The van der Waals surface area contributed by atoms with E-state index in [2.05, 4.69) is 27.8 Å². The molecule has 2 N–H and O–H groups in total. The fraction of sp³-hybridized carbons (Fsp3) is 0.417. The quantitative estimate of drug-likeness (QED) is 0.757. The lowest BCUT2D eigenvalue weighted by Crippen LogP contribution is -2.39. The molecular formula is C12H16N2O2. The second kappa shape index (κ2) is 4.53. The van der Waals surface area contributed by atoms with Crippen molar-refractivity contribution >= 4 is 6.03 Å². The van der Waals surface area contributed by atoms with Crippen LogP contribution >= 0.6 is 0 Å². The minimum Gasteiger partial charge on any atom is -0.335 e. The molecule has 0 heterocycles. The molecule has 0 unspecified atom stereocenters. The van der Waals surface area contributed by atoms with Gasteiger partial charge in [-0.2, -0.15) is 0 Å². The van der Waals surface area contributed by atoms with Gasteiger partial charge in [-0.05, 0) is 18.4 Å². The summed E-state index contributed by atoms with van der Waals surface area (Å²) >= 11 is 0. The molecule has 0 saturated heterocycles. The lowest BCUT2D eigenvalue weighted by molar-refractivity contribution is 0.107. The Morgan fingerprint density at radius 3 is 2.62 bits per heavy atom. The second-order valence-corrected chi connectivity index (χ2v) is 4.14. The van der Waals surface area contributed by atoms with Crippen LogP contribution in [0.25, 0.3) is 0 Å². The molecule has 0 radical (unpaired) electrons. The standard InChI is InChI=1S/C12H16N2O2/c1-16-14-11(15)13-9-12(7-8-12)10-5-3-2-4-6-10/h2-6H,7-9H2,1H3,(H2,13,14,15). The Morgan fingerprint density at radius 1 is 1.38 bits per heavy atom. The zero-order valence-corrected chi connectivity index (χ0v) is 9.32. The number of hydrogen-bond donors (Lipinski definition) is 2. The number of hydroxylamine groups is 1. The minimum atomic E-state index is -0.287. The molecule has 1 aliphatic rings. The zero-order valence-electron chi connectivity index (χ0n) is 9.32. The lowest BCUT2D eigenvalue weighted by atomic mass is 9.96. The van der Waals surface area contributed by atoms with Gasteiger partial charge in [0.2, 0.25) is 0 Å². The molecule has 2 rings (SSSR count). The van der Waals surface area contributed by atoms with Crippen LogP contribution in [0.1, 0.15) is 18.4 Å². The van der Waals surface area contributed by atoms with Gasteiger partial charge in [-0.3, -0.25) is 4.84 Å². The Labute approximate surface area is 94.9 Å². The van der Waals surface area contributed by atoms with Gasteiger partial charge in [-0.15, -0.1) is 0 Å². The van der Waals surface area contributed by atoms with Gasteiger partial charge in [0.05, 0.1) is 7.11 Å². The van der Waals surface area contributed by atoms with E-state index >= 15 is 0 Å². The van der Waals surface area contributed by atoms with Crippen LogP contribution in [0.4, 0.5) is 4.79 Å². The van der Waals surface area contributed by atoms with Gasteiger partial charge in [0, 0.05) is 12.0 Å². The summed E-state index contributed by atoms with van der Waals surface area (Å²) in [5.41, 5.74) is 3.69. The predicted octanol–water partition coefficient (Wildman–Crippen LogP) is 1.58. The molecule has 1 aromatic carbocycles. The Morgan fingerprint density at radius 2 is 2.06 bits per heavy atom. The molecule has 1 saturated carbocycles. The summed E-state index contributed by atoms with van der Waals surface area (Å²) in [5, 5.41) is 2.81. The molecule has 1 fully saturated rings. The van der Waals surface area contributed by atoms with Gasteiger partial charge in [-0.25, -0.2) is 10.3 Å². The average Bonchev–Trinajstić information content (AvgIpc) is 3.09. The van der Waals surface area contributed by atoms with Crippen LogP contribution in [0.5, 0.6) is 0 Å². The Hall–Kier alpha value is -1.55. The van der Waals surface area contributed by atoms with Gasteiger partial charge in [-0.1, -0.05) is 30.3 Å². The number of hydrogen-bond acceptors (Lipinski definition) is 2.